The van der Waals surface area contributed by atoms with Crippen LogP contribution >= 0.6 is 0 Å². The molecule has 1 atom stereocenters. The number of hydrogen-bond donors (Lipinski definition) is 1. The van der Waals surface area contributed by atoms with Gasteiger partial charge in [-0.05, 0) is 12.6 Å². The van der Waals surface area contributed by atoms with Crippen LogP contribution in [0.15, 0.2) is 12.3 Å². The summed E-state index contributed by atoms with van der Waals surface area (Å²) in [4.78, 5) is 2.43. The first kappa shape index (κ1) is 5.30. The normalized spacial score (nSPS) is 32.9. The van der Waals surface area contributed by atoms with Crippen molar-refractivity contribution in [2.45, 2.75) is 12.5 Å². The zero-order chi connectivity index (χ0) is 6.10. The van der Waals surface area contributed by atoms with Gasteiger partial charge in [-0.2, -0.15) is 0 Å². The van der Waals surface area contributed by atoms with Crippen LogP contribution in [0.3, 0.4) is 0 Å². The van der Waals surface area contributed by atoms with Crippen LogP contribution in [0.2, 0.25) is 0 Å². The Morgan fingerprint density at radius 1 is 1.56 bits per heavy atom. The zero-order valence-corrected chi connectivity index (χ0v) is 5.51. The van der Waals surface area contributed by atoms with Crippen LogP contribution in [0.5, 0.6) is 0 Å². The summed E-state index contributed by atoms with van der Waals surface area (Å²) in [5.74, 6) is 0. The molecule has 2 aliphatic rings. The van der Waals surface area contributed by atoms with E-state index in [9.17, 15) is 0 Å². The van der Waals surface area contributed by atoms with Crippen molar-refractivity contribution in [3.63, 3.8) is 0 Å². The van der Waals surface area contributed by atoms with Crippen molar-refractivity contribution < 1.29 is 0 Å². The molecule has 2 nitrogen and oxygen atoms in total. The van der Waals surface area contributed by atoms with Crippen molar-refractivity contribution in [3.8, 4) is 0 Å². The smallest absolute Gasteiger partial charge is 0.0444 e. The van der Waals surface area contributed by atoms with Crippen LogP contribution in [0.1, 0.15) is 6.42 Å². The maximum atomic E-state index is 3.37. The SMILES string of the molecule is C1=CN2CCNC[C@@H]2C1. The zero-order valence-electron chi connectivity index (χ0n) is 5.51. The minimum atomic E-state index is 0.777. The molecule has 0 radical (unpaired) electrons. The highest BCUT2D eigenvalue weighted by Gasteiger charge is 2.20. The molecule has 0 aromatic rings. The topological polar surface area (TPSA) is 15.3 Å². The Morgan fingerprint density at radius 3 is 3.44 bits per heavy atom. The Kier molecular flexibility index (Phi) is 1.19. The van der Waals surface area contributed by atoms with Crippen LogP contribution in [-0.2, 0) is 0 Å². The molecule has 2 heterocycles. The molecule has 1 saturated heterocycles. The molecule has 0 bridgehead atoms. The summed E-state index contributed by atoms with van der Waals surface area (Å²) in [5, 5.41) is 3.37. The molecular weight excluding hydrogens is 112 g/mol. The fourth-order valence-electron chi connectivity index (χ4n) is 1.54. The van der Waals surface area contributed by atoms with Gasteiger partial charge in [-0.3, -0.25) is 0 Å². The van der Waals surface area contributed by atoms with E-state index in [1.165, 1.54) is 19.5 Å². The molecule has 0 aromatic carbocycles. The Balaban J connectivity index is 2.03. The highest BCUT2D eigenvalue weighted by atomic mass is 15.2. The van der Waals surface area contributed by atoms with Crippen molar-refractivity contribution >= 4 is 0 Å². The average molecular weight is 124 g/mol. The van der Waals surface area contributed by atoms with Gasteiger partial charge in [0.05, 0.1) is 0 Å². The van der Waals surface area contributed by atoms with E-state index in [1.54, 1.807) is 0 Å². The summed E-state index contributed by atoms with van der Waals surface area (Å²) in [5.41, 5.74) is 0. The van der Waals surface area contributed by atoms with E-state index < -0.39 is 0 Å². The lowest BCUT2D eigenvalue weighted by Crippen LogP contribution is -2.46. The number of rotatable bonds is 0. The van der Waals surface area contributed by atoms with Crippen LogP contribution in [0, 0.1) is 0 Å². The first-order chi connectivity index (χ1) is 4.47. The third-order valence-corrected chi connectivity index (χ3v) is 2.10. The summed E-state index contributed by atoms with van der Waals surface area (Å²) < 4.78 is 0. The molecule has 2 rings (SSSR count). The number of nitrogens with one attached hydrogen (secondary N) is 1. The molecular formula is C7H12N2. The first-order valence-electron chi connectivity index (χ1n) is 3.60. The fraction of sp³-hybridized carbons (Fsp3) is 0.714. The van der Waals surface area contributed by atoms with Gasteiger partial charge in [0.2, 0.25) is 0 Å². The molecule has 2 aliphatic heterocycles. The van der Waals surface area contributed by atoms with Gasteiger partial charge in [0, 0.05) is 25.7 Å². The largest absolute Gasteiger partial charge is 0.372 e. The Morgan fingerprint density at radius 2 is 2.56 bits per heavy atom. The number of nitrogens with zero attached hydrogens (tertiary/aromatic N) is 1. The minimum Gasteiger partial charge on any atom is -0.372 e. The second-order valence-corrected chi connectivity index (χ2v) is 2.72. The summed E-state index contributed by atoms with van der Waals surface area (Å²) >= 11 is 0. The molecule has 0 unspecified atom stereocenters. The Labute approximate surface area is 55.5 Å². The van der Waals surface area contributed by atoms with Gasteiger partial charge < -0.3 is 10.2 Å². The van der Waals surface area contributed by atoms with E-state index in [2.05, 4.69) is 22.5 Å². The third-order valence-electron chi connectivity index (χ3n) is 2.10. The number of hydrogen-bond acceptors (Lipinski definition) is 2. The van der Waals surface area contributed by atoms with Gasteiger partial charge in [0.1, 0.15) is 0 Å². The molecule has 0 spiro atoms. The molecule has 1 N–H and O–H groups in total. The van der Waals surface area contributed by atoms with Crippen LogP contribution < -0.4 is 5.32 Å². The molecule has 0 amide bonds. The Hall–Kier alpha value is -0.500. The Bertz CT molecular complexity index is 131. The van der Waals surface area contributed by atoms with Crippen LogP contribution in [0.25, 0.3) is 0 Å². The lowest BCUT2D eigenvalue weighted by Gasteiger charge is -2.30. The van der Waals surface area contributed by atoms with E-state index in [0.717, 1.165) is 12.6 Å². The summed E-state index contributed by atoms with van der Waals surface area (Å²) in [6.45, 7) is 3.52. The highest BCUT2D eigenvalue weighted by Crippen LogP contribution is 2.14. The highest BCUT2D eigenvalue weighted by molar-refractivity contribution is 5.00. The number of piperazine rings is 1. The van der Waals surface area contributed by atoms with Crippen molar-refractivity contribution in [3.05, 3.63) is 12.3 Å². The van der Waals surface area contributed by atoms with Crippen molar-refractivity contribution in [2.24, 2.45) is 0 Å². The van der Waals surface area contributed by atoms with Crippen molar-refractivity contribution in [2.75, 3.05) is 19.6 Å². The predicted octanol–water partition coefficient (Wildman–Crippen LogP) is 0.178. The second kappa shape index (κ2) is 2.03. The van der Waals surface area contributed by atoms with Crippen molar-refractivity contribution in [1.29, 1.82) is 0 Å². The molecule has 0 aliphatic carbocycles. The lowest BCUT2D eigenvalue weighted by atomic mass is 10.2. The first-order valence-corrected chi connectivity index (χ1v) is 3.60. The number of fused-ring (bicyclic) bond motifs is 1. The van der Waals surface area contributed by atoms with Crippen LogP contribution in [0.4, 0.5) is 0 Å². The summed E-state index contributed by atoms with van der Waals surface area (Å²) in [6.07, 6.45) is 5.73. The molecule has 0 saturated carbocycles. The maximum absolute atomic E-state index is 3.37. The molecule has 9 heavy (non-hydrogen) atoms. The van der Waals surface area contributed by atoms with Gasteiger partial charge in [-0.25, -0.2) is 0 Å². The second-order valence-electron chi connectivity index (χ2n) is 2.72. The molecule has 2 heteroatoms. The predicted molar refractivity (Wildman–Crippen MR) is 37.1 cm³/mol. The van der Waals surface area contributed by atoms with Crippen LogP contribution in [-0.4, -0.2) is 30.6 Å². The van der Waals surface area contributed by atoms with Gasteiger partial charge >= 0.3 is 0 Å². The minimum absolute atomic E-state index is 0.777. The summed E-state index contributed by atoms with van der Waals surface area (Å²) in [7, 11) is 0. The molecule has 50 valence electrons. The van der Waals surface area contributed by atoms with E-state index in [1.807, 2.05) is 0 Å². The van der Waals surface area contributed by atoms with Gasteiger partial charge in [0.15, 0.2) is 0 Å². The molecule has 0 aromatic heterocycles. The van der Waals surface area contributed by atoms with Crippen molar-refractivity contribution in [1.82, 2.24) is 10.2 Å². The third kappa shape index (κ3) is 0.833. The van der Waals surface area contributed by atoms with Gasteiger partial charge in [0.25, 0.3) is 0 Å². The maximum Gasteiger partial charge on any atom is 0.0444 e. The van der Waals surface area contributed by atoms with E-state index in [-0.39, 0.29) is 0 Å². The monoisotopic (exact) mass is 124 g/mol. The lowest BCUT2D eigenvalue weighted by molar-refractivity contribution is 0.249. The van der Waals surface area contributed by atoms with Gasteiger partial charge in [-0.15, -0.1) is 0 Å². The fourth-order valence-corrected chi connectivity index (χ4v) is 1.54. The molecule has 1 fully saturated rings. The summed E-state index contributed by atoms with van der Waals surface area (Å²) in [6, 6.07) is 0.777. The van der Waals surface area contributed by atoms with Gasteiger partial charge in [-0.1, -0.05) is 6.08 Å². The van der Waals surface area contributed by atoms with E-state index in [0.29, 0.717) is 0 Å². The quantitative estimate of drug-likeness (QED) is 0.495. The standard InChI is InChI=1S/C7H12N2/c1-2-7-6-8-3-5-9(7)4-1/h1,4,7-8H,2-3,5-6H2/t7-/m0/s1. The van der Waals surface area contributed by atoms with E-state index in [4.69, 9.17) is 0 Å². The average Bonchev–Trinajstić information content (AvgIpc) is 2.33. The van der Waals surface area contributed by atoms with E-state index >= 15 is 0 Å².